The number of thioether (sulfide) groups is 1. The maximum atomic E-state index is 4.87. The van der Waals surface area contributed by atoms with Gasteiger partial charge in [-0.05, 0) is 22.9 Å². The fourth-order valence-corrected chi connectivity index (χ4v) is 4.81. The van der Waals surface area contributed by atoms with Crippen LogP contribution >= 0.6 is 24.4 Å². The second kappa shape index (κ2) is 6.95. The number of hydrogen-bond acceptors (Lipinski definition) is 7. The van der Waals surface area contributed by atoms with Crippen LogP contribution in [0.1, 0.15) is 0 Å². The Kier molecular flexibility index (Phi) is 4.31. The molecule has 1 saturated heterocycles. The number of hydrogen-bond donors (Lipinski definition) is 3. The molecule has 0 saturated carbocycles. The van der Waals surface area contributed by atoms with E-state index in [9.17, 15) is 0 Å². The number of thiol groups is 1. The summed E-state index contributed by atoms with van der Waals surface area (Å²) in [6.45, 7) is 2.04. The lowest BCUT2D eigenvalue weighted by molar-refractivity contribution is 0.543. The standard InChI is InChI=1S/C19H16N6S2/c26-18-15(27-12-9-20-10-12)7-6-13(16(18)19-22-24-25-23-19)14-5-1-3-11-4-2-8-21-17(11)14/h1-8,12,20,26H,9-10H2,(H,22,23,24,25). The van der Waals surface area contributed by atoms with Gasteiger partial charge in [-0.2, -0.15) is 5.21 Å². The van der Waals surface area contributed by atoms with Crippen LogP contribution in [0.25, 0.3) is 33.4 Å². The minimum Gasteiger partial charge on any atom is -0.314 e. The van der Waals surface area contributed by atoms with Gasteiger partial charge >= 0.3 is 0 Å². The monoisotopic (exact) mass is 392 g/mol. The molecule has 2 aromatic carbocycles. The molecular weight excluding hydrogens is 376 g/mol. The fraction of sp³-hybridized carbons (Fsp3) is 0.158. The quantitative estimate of drug-likeness (QED) is 0.462. The van der Waals surface area contributed by atoms with Crippen molar-refractivity contribution in [3.63, 3.8) is 0 Å². The number of pyridine rings is 1. The van der Waals surface area contributed by atoms with Crippen molar-refractivity contribution in [3.8, 4) is 22.5 Å². The maximum Gasteiger partial charge on any atom is 0.206 e. The minimum atomic E-state index is 0.539. The number of nitrogens with one attached hydrogen (secondary N) is 2. The summed E-state index contributed by atoms with van der Waals surface area (Å²) < 4.78 is 0. The van der Waals surface area contributed by atoms with Gasteiger partial charge in [0, 0.05) is 50.8 Å². The summed E-state index contributed by atoms with van der Waals surface area (Å²) in [4.78, 5) is 6.60. The van der Waals surface area contributed by atoms with Crippen LogP contribution in [0.4, 0.5) is 0 Å². The van der Waals surface area contributed by atoms with Crippen LogP contribution in [-0.2, 0) is 0 Å². The van der Waals surface area contributed by atoms with Crippen LogP contribution in [0, 0.1) is 0 Å². The Morgan fingerprint density at radius 3 is 2.70 bits per heavy atom. The molecule has 0 amide bonds. The highest BCUT2D eigenvalue weighted by atomic mass is 32.2. The number of aromatic amines is 1. The van der Waals surface area contributed by atoms with Gasteiger partial charge in [0.25, 0.3) is 0 Å². The first-order chi connectivity index (χ1) is 13.3. The minimum absolute atomic E-state index is 0.539. The van der Waals surface area contributed by atoms with Crippen molar-refractivity contribution >= 4 is 35.3 Å². The smallest absolute Gasteiger partial charge is 0.206 e. The largest absolute Gasteiger partial charge is 0.314 e. The SMILES string of the molecule is Sc1c(SC2CNC2)ccc(-c2cccc3cccnc23)c1-c1nn[nH]n1. The average Bonchev–Trinajstić information content (AvgIpc) is 3.19. The number of fused-ring (bicyclic) bond motifs is 1. The van der Waals surface area contributed by atoms with Gasteiger partial charge in [-0.1, -0.05) is 30.3 Å². The van der Waals surface area contributed by atoms with E-state index in [4.69, 9.17) is 12.6 Å². The number of rotatable bonds is 4. The molecule has 27 heavy (non-hydrogen) atoms. The summed E-state index contributed by atoms with van der Waals surface area (Å²) in [7, 11) is 0. The van der Waals surface area contributed by atoms with Gasteiger partial charge in [0.15, 0.2) is 0 Å². The molecule has 8 heteroatoms. The van der Waals surface area contributed by atoms with E-state index in [2.05, 4.69) is 61.3 Å². The lowest BCUT2D eigenvalue weighted by Gasteiger charge is -2.27. The number of aromatic nitrogens is 5. The molecule has 0 bridgehead atoms. The van der Waals surface area contributed by atoms with E-state index >= 15 is 0 Å². The number of tetrazole rings is 1. The molecule has 0 spiro atoms. The van der Waals surface area contributed by atoms with E-state index in [0.29, 0.717) is 11.1 Å². The van der Waals surface area contributed by atoms with E-state index < -0.39 is 0 Å². The first kappa shape index (κ1) is 16.7. The molecule has 134 valence electrons. The van der Waals surface area contributed by atoms with Gasteiger partial charge in [0.1, 0.15) is 0 Å². The number of H-pyrrole nitrogens is 1. The van der Waals surface area contributed by atoms with E-state index in [0.717, 1.165) is 50.5 Å². The zero-order valence-electron chi connectivity index (χ0n) is 14.3. The van der Waals surface area contributed by atoms with Crippen LogP contribution in [0.15, 0.2) is 58.5 Å². The maximum absolute atomic E-state index is 4.87. The van der Waals surface area contributed by atoms with Crippen molar-refractivity contribution in [1.82, 2.24) is 30.9 Å². The van der Waals surface area contributed by atoms with Crippen LogP contribution < -0.4 is 5.32 Å². The van der Waals surface area contributed by atoms with Crippen molar-refractivity contribution in [2.75, 3.05) is 13.1 Å². The summed E-state index contributed by atoms with van der Waals surface area (Å²) in [5, 5.41) is 19.7. The highest BCUT2D eigenvalue weighted by Gasteiger charge is 2.23. The number of para-hydroxylation sites is 1. The molecule has 0 unspecified atom stereocenters. The topological polar surface area (TPSA) is 79.4 Å². The van der Waals surface area contributed by atoms with Gasteiger partial charge in [-0.15, -0.1) is 34.6 Å². The molecule has 0 atom stereocenters. The van der Waals surface area contributed by atoms with E-state index in [1.165, 1.54) is 0 Å². The Balaban J connectivity index is 1.73. The molecule has 5 rings (SSSR count). The molecule has 1 fully saturated rings. The van der Waals surface area contributed by atoms with Crippen LogP contribution in [0.3, 0.4) is 0 Å². The van der Waals surface area contributed by atoms with Crippen LogP contribution in [0.5, 0.6) is 0 Å². The molecule has 2 N–H and O–H groups in total. The third-order valence-electron chi connectivity index (χ3n) is 4.67. The Labute approximate surface area is 165 Å². The second-order valence-corrected chi connectivity index (χ2v) is 8.14. The Bertz CT molecular complexity index is 1100. The summed E-state index contributed by atoms with van der Waals surface area (Å²) in [6, 6.07) is 14.4. The van der Waals surface area contributed by atoms with E-state index in [1.807, 2.05) is 30.1 Å². The van der Waals surface area contributed by atoms with Gasteiger partial charge in [-0.3, -0.25) is 4.98 Å². The molecule has 4 aromatic rings. The molecule has 0 aliphatic carbocycles. The van der Waals surface area contributed by atoms with Gasteiger partial charge in [0.05, 0.1) is 5.52 Å². The van der Waals surface area contributed by atoms with Crippen molar-refractivity contribution in [1.29, 1.82) is 0 Å². The third-order valence-corrected chi connectivity index (χ3v) is 6.55. The van der Waals surface area contributed by atoms with Gasteiger partial charge in [0.2, 0.25) is 5.82 Å². The zero-order valence-corrected chi connectivity index (χ0v) is 16.0. The first-order valence-electron chi connectivity index (χ1n) is 8.62. The summed E-state index contributed by atoms with van der Waals surface area (Å²) in [5.74, 6) is 0.539. The predicted molar refractivity (Wildman–Crippen MR) is 110 cm³/mol. The van der Waals surface area contributed by atoms with Gasteiger partial charge in [-0.25, -0.2) is 0 Å². The molecular formula is C19H16N6S2. The normalized spacial score (nSPS) is 14.4. The van der Waals surface area contributed by atoms with Crippen molar-refractivity contribution < 1.29 is 0 Å². The first-order valence-corrected chi connectivity index (χ1v) is 9.95. The average molecular weight is 393 g/mol. The molecule has 0 radical (unpaired) electrons. The molecule has 3 heterocycles. The highest BCUT2D eigenvalue weighted by molar-refractivity contribution is 8.00. The van der Waals surface area contributed by atoms with Crippen LogP contribution in [0.2, 0.25) is 0 Å². The van der Waals surface area contributed by atoms with Crippen molar-refractivity contribution in [2.24, 2.45) is 0 Å². The molecule has 6 nitrogen and oxygen atoms in total. The summed E-state index contributed by atoms with van der Waals surface area (Å²) in [5.41, 5.74) is 3.86. The Morgan fingerprint density at radius 1 is 1.04 bits per heavy atom. The number of benzene rings is 2. The Morgan fingerprint density at radius 2 is 1.93 bits per heavy atom. The zero-order chi connectivity index (χ0) is 18.2. The van der Waals surface area contributed by atoms with Crippen LogP contribution in [-0.4, -0.2) is 43.9 Å². The van der Waals surface area contributed by atoms with Gasteiger partial charge < -0.3 is 5.32 Å². The molecule has 1 aliphatic rings. The molecule has 2 aromatic heterocycles. The summed E-state index contributed by atoms with van der Waals surface area (Å²) in [6.07, 6.45) is 1.81. The predicted octanol–water partition coefficient (Wildman–Crippen LogP) is 3.43. The lowest BCUT2D eigenvalue weighted by Crippen LogP contribution is -2.44. The van der Waals surface area contributed by atoms with Crippen molar-refractivity contribution in [2.45, 2.75) is 15.0 Å². The summed E-state index contributed by atoms with van der Waals surface area (Å²) >= 11 is 6.70. The Hall–Kier alpha value is -2.42. The molecule has 1 aliphatic heterocycles. The third kappa shape index (κ3) is 2.99. The number of nitrogens with zero attached hydrogens (tertiary/aromatic N) is 4. The van der Waals surface area contributed by atoms with E-state index in [1.54, 1.807) is 0 Å². The van der Waals surface area contributed by atoms with E-state index in [-0.39, 0.29) is 0 Å². The lowest BCUT2D eigenvalue weighted by atomic mass is 9.96. The fourth-order valence-electron chi connectivity index (χ4n) is 3.23. The van der Waals surface area contributed by atoms with Crippen molar-refractivity contribution in [3.05, 3.63) is 48.7 Å². The second-order valence-electron chi connectivity index (χ2n) is 6.35. The highest BCUT2D eigenvalue weighted by Crippen LogP contribution is 2.42.